The van der Waals surface area contributed by atoms with Gasteiger partial charge in [0.25, 0.3) is 0 Å². The molecule has 1 aromatic rings. The number of thiocarbonyl (C=S) groups is 1. The third kappa shape index (κ3) is 4.70. The van der Waals surface area contributed by atoms with Gasteiger partial charge in [-0.3, -0.25) is 0 Å². The fraction of sp³-hybridized carbons (Fsp3) is 0.222. The van der Waals surface area contributed by atoms with E-state index in [9.17, 15) is 0 Å². The molecule has 0 amide bonds. The molecule has 0 saturated carbocycles. The van der Waals surface area contributed by atoms with E-state index in [0.717, 1.165) is 5.69 Å². The van der Waals surface area contributed by atoms with Crippen LogP contribution in [0.2, 0.25) is 0 Å². The second-order valence-corrected chi connectivity index (χ2v) is 3.86. The summed E-state index contributed by atoms with van der Waals surface area (Å²) in [5, 5.41) is 2.93. The summed E-state index contributed by atoms with van der Waals surface area (Å²) in [4.78, 5) is 0. The molecule has 13 heavy (non-hydrogen) atoms. The molecule has 4 heteroatoms. The van der Waals surface area contributed by atoms with Crippen molar-refractivity contribution in [3.05, 3.63) is 29.3 Å². The Morgan fingerprint density at radius 2 is 1.69 bits per heavy atom. The van der Waals surface area contributed by atoms with Gasteiger partial charge >= 0.3 is 0 Å². The average molecular weight is 292 g/mol. The molecule has 0 spiro atoms. The number of benzene rings is 1. The maximum absolute atomic E-state index is 4.77. The van der Waals surface area contributed by atoms with Crippen LogP contribution in [0.5, 0.6) is 0 Å². The van der Waals surface area contributed by atoms with Gasteiger partial charge in [0, 0.05) is 26.8 Å². The molecule has 0 radical (unpaired) electrons. The molecule has 1 nitrogen and oxygen atoms in total. The quantitative estimate of drug-likeness (QED) is 0.485. The van der Waals surface area contributed by atoms with Crippen molar-refractivity contribution in [2.45, 2.75) is 13.8 Å². The fourth-order valence-corrected chi connectivity index (χ4v) is 1.40. The van der Waals surface area contributed by atoms with Gasteiger partial charge in [-0.15, -0.1) is 0 Å². The summed E-state index contributed by atoms with van der Waals surface area (Å²) < 4.78 is 0.389. The molecule has 70 valence electrons. The van der Waals surface area contributed by atoms with E-state index >= 15 is 0 Å². The van der Waals surface area contributed by atoms with Crippen molar-refractivity contribution in [1.29, 1.82) is 0 Å². The Balaban J connectivity index is 0.00000144. The van der Waals surface area contributed by atoms with Crippen LogP contribution in [0.3, 0.4) is 0 Å². The summed E-state index contributed by atoms with van der Waals surface area (Å²) in [6.45, 7) is 4.09. The largest absolute Gasteiger partial charge is 0.411 e. The van der Waals surface area contributed by atoms with Crippen molar-refractivity contribution >= 4 is 34.9 Å². The summed E-state index contributed by atoms with van der Waals surface area (Å²) >= 11 is 9.54. The molecular weight excluding hydrogens is 282 g/mol. The van der Waals surface area contributed by atoms with E-state index in [0.29, 0.717) is 4.32 Å². The molecule has 0 saturated heterocycles. The van der Waals surface area contributed by atoms with Crippen LogP contribution in [-0.4, -0.2) is 4.32 Å². The number of rotatable bonds is 1. The zero-order valence-corrected chi connectivity index (χ0v) is 11.1. The normalized spacial score (nSPS) is 8.77. The van der Waals surface area contributed by atoms with Gasteiger partial charge in [-0.25, -0.2) is 0 Å². The Morgan fingerprint density at radius 1 is 1.23 bits per heavy atom. The van der Waals surface area contributed by atoms with E-state index in [-0.39, 0.29) is 21.1 Å². The zero-order valence-electron chi connectivity index (χ0n) is 7.46. The number of aryl methyl sites for hydroxylation is 2. The molecule has 0 aliphatic carbocycles. The van der Waals surface area contributed by atoms with Crippen molar-refractivity contribution in [2.24, 2.45) is 0 Å². The Hall–Kier alpha value is 0.0183. The van der Waals surface area contributed by atoms with Gasteiger partial charge < -0.3 is 30.2 Å². The van der Waals surface area contributed by atoms with Crippen molar-refractivity contribution in [3.8, 4) is 0 Å². The fourth-order valence-electron chi connectivity index (χ4n) is 1.16. The van der Waals surface area contributed by atoms with Crippen molar-refractivity contribution in [1.82, 2.24) is 0 Å². The Bertz CT molecular complexity index is 292. The predicted molar refractivity (Wildman–Crippen MR) is 59.5 cm³/mol. The first-order valence-corrected chi connectivity index (χ1v) is 4.46. The zero-order chi connectivity index (χ0) is 9.14. The summed E-state index contributed by atoms with van der Waals surface area (Å²) in [6.07, 6.45) is 0. The first-order valence-electron chi connectivity index (χ1n) is 3.64. The maximum Gasteiger partial charge on any atom is 0.0376 e. The summed E-state index contributed by atoms with van der Waals surface area (Å²) in [6, 6.07) is 6.15. The molecule has 0 fully saturated rings. The number of hydrogen-bond acceptors (Lipinski definition) is 2. The number of hydrogen-bond donors (Lipinski definition) is 1. The second kappa shape index (κ2) is 5.69. The summed E-state index contributed by atoms with van der Waals surface area (Å²) in [5.41, 5.74) is 3.40. The molecular formula is C9H10MoNS2-. The average Bonchev–Trinajstić information content (AvgIpc) is 1.81. The molecule has 0 aliphatic rings. The van der Waals surface area contributed by atoms with Crippen LogP contribution in [-0.2, 0) is 33.7 Å². The molecule has 0 atom stereocenters. The van der Waals surface area contributed by atoms with E-state index in [1.807, 2.05) is 26.0 Å². The predicted octanol–water partition coefficient (Wildman–Crippen LogP) is 2.54. The van der Waals surface area contributed by atoms with Gasteiger partial charge in [-0.2, -0.15) is 0 Å². The van der Waals surface area contributed by atoms with E-state index in [4.69, 9.17) is 24.8 Å². The van der Waals surface area contributed by atoms with Gasteiger partial charge in [0.2, 0.25) is 0 Å². The molecule has 1 aromatic carbocycles. The van der Waals surface area contributed by atoms with Crippen molar-refractivity contribution in [3.63, 3.8) is 0 Å². The van der Waals surface area contributed by atoms with Gasteiger partial charge in [-0.05, 0) is 37.1 Å². The Kier molecular flexibility index (Phi) is 5.69. The van der Waals surface area contributed by atoms with E-state index in [1.165, 1.54) is 11.1 Å². The summed E-state index contributed by atoms with van der Waals surface area (Å²) in [7, 11) is 0. The molecule has 1 rings (SSSR count). The Morgan fingerprint density at radius 3 is 2.08 bits per heavy atom. The molecule has 0 aliphatic heterocycles. The smallest absolute Gasteiger partial charge is 0.0376 e. The van der Waals surface area contributed by atoms with Gasteiger partial charge in [0.15, 0.2) is 0 Å². The molecule has 1 N–H and O–H groups in total. The number of nitrogens with one attached hydrogen (secondary N) is 1. The van der Waals surface area contributed by atoms with Crippen LogP contribution in [0.25, 0.3) is 0 Å². The Labute approximate surface area is 104 Å². The summed E-state index contributed by atoms with van der Waals surface area (Å²) in [5.74, 6) is 0. The van der Waals surface area contributed by atoms with E-state index in [2.05, 4.69) is 11.4 Å². The van der Waals surface area contributed by atoms with Gasteiger partial charge in [0.05, 0.1) is 0 Å². The van der Waals surface area contributed by atoms with Gasteiger partial charge in [0.1, 0.15) is 0 Å². The first kappa shape index (κ1) is 13.0. The van der Waals surface area contributed by atoms with Crippen molar-refractivity contribution in [2.75, 3.05) is 5.32 Å². The standard InChI is InChI=1S/C9H11NS2.Mo/c1-6-3-7(2)5-8(4-6)10-9(11)12;/h3-5H,1-2H3,(H2,10,11,12);/p-1. The van der Waals surface area contributed by atoms with Crippen LogP contribution in [0.4, 0.5) is 5.69 Å². The third-order valence-electron chi connectivity index (χ3n) is 1.47. The molecule has 0 aromatic heterocycles. The SMILES string of the molecule is Cc1cc(C)cc(NC(=S)[S-])c1.[Mo]. The topological polar surface area (TPSA) is 12.0 Å². The van der Waals surface area contributed by atoms with Gasteiger partial charge in [-0.1, -0.05) is 10.4 Å². The first-order chi connectivity index (χ1) is 5.58. The molecule has 0 bridgehead atoms. The van der Waals surface area contributed by atoms with Crippen LogP contribution in [0.15, 0.2) is 18.2 Å². The van der Waals surface area contributed by atoms with Crippen molar-refractivity contribution < 1.29 is 21.1 Å². The maximum atomic E-state index is 4.77. The molecule has 0 heterocycles. The minimum absolute atomic E-state index is 0. The van der Waals surface area contributed by atoms with E-state index < -0.39 is 0 Å². The minimum atomic E-state index is 0. The van der Waals surface area contributed by atoms with Crippen LogP contribution < -0.4 is 5.32 Å². The number of anilines is 1. The third-order valence-corrected chi connectivity index (χ3v) is 1.67. The second-order valence-electron chi connectivity index (χ2n) is 2.79. The monoisotopic (exact) mass is 294 g/mol. The van der Waals surface area contributed by atoms with Crippen LogP contribution in [0, 0.1) is 13.8 Å². The van der Waals surface area contributed by atoms with Crippen LogP contribution >= 0.6 is 12.2 Å². The van der Waals surface area contributed by atoms with Crippen LogP contribution in [0.1, 0.15) is 11.1 Å². The van der Waals surface area contributed by atoms with E-state index in [1.54, 1.807) is 0 Å². The minimum Gasteiger partial charge on any atom is -0.411 e. The molecule has 0 unspecified atom stereocenters.